The van der Waals surface area contributed by atoms with E-state index in [1.807, 2.05) is 31.2 Å². The number of aryl methyl sites for hydroxylation is 1. The van der Waals surface area contributed by atoms with Gasteiger partial charge in [0.1, 0.15) is 11.5 Å². The van der Waals surface area contributed by atoms with Gasteiger partial charge in [0.05, 0.1) is 12.3 Å². The lowest BCUT2D eigenvalue weighted by Crippen LogP contribution is -2.39. The highest BCUT2D eigenvalue weighted by molar-refractivity contribution is 6.35. The molecule has 1 heterocycles. The van der Waals surface area contributed by atoms with Gasteiger partial charge in [0.15, 0.2) is 6.61 Å². The topological polar surface area (TPSA) is 67.9 Å². The molecule has 8 heteroatoms. The first-order valence-electron chi connectivity index (χ1n) is 11.1. The molecule has 0 aromatic heterocycles. The molecule has 3 aromatic rings. The molecule has 0 aliphatic carbocycles. The summed E-state index contributed by atoms with van der Waals surface area (Å²) in [5.74, 6) is 0.910. The fourth-order valence-corrected chi connectivity index (χ4v) is 4.10. The molecular formula is C27H24Cl2N2O4. The molecule has 0 radical (unpaired) electrons. The van der Waals surface area contributed by atoms with Crippen LogP contribution in [0.3, 0.4) is 0 Å². The van der Waals surface area contributed by atoms with Crippen molar-refractivity contribution < 1.29 is 19.1 Å². The van der Waals surface area contributed by atoms with E-state index in [9.17, 15) is 9.59 Å². The molecule has 1 aliphatic heterocycles. The average Bonchev–Trinajstić information content (AvgIpc) is 2.82. The number of hydrogen-bond donors (Lipinski definition) is 1. The molecular weight excluding hydrogens is 487 g/mol. The first-order valence-corrected chi connectivity index (χ1v) is 11.9. The molecule has 0 unspecified atom stereocenters. The summed E-state index contributed by atoms with van der Waals surface area (Å²) in [7, 11) is 0. The molecule has 0 spiro atoms. The highest BCUT2D eigenvalue weighted by atomic mass is 35.5. The van der Waals surface area contributed by atoms with Crippen LogP contribution >= 0.6 is 23.2 Å². The van der Waals surface area contributed by atoms with Gasteiger partial charge in [0, 0.05) is 28.4 Å². The molecule has 35 heavy (non-hydrogen) atoms. The number of benzene rings is 3. The lowest BCUT2D eigenvalue weighted by atomic mass is 10.2. The summed E-state index contributed by atoms with van der Waals surface area (Å²) >= 11 is 12.1. The van der Waals surface area contributed by atoms with E-state index in [0.717, 1.165) is 11.3 Å². The van der Waals surface area contributed by atoms with Crippen molar-refractivity contribution in [3.05, 3.63) is 87.9 Å². The molecule has 0 bridgehead atoms. The Morgan fingerprint density at radius 1 is 1.14 bits per heavy atom. The Labute approximate surface area is 214 Å². The predicted molar refractivity (Wildman–Crippen MR) is 140 cm³/mol. The number of hydrogen-bond acceptors (Lipinski definition) is 4. The molecule has 0 fully saturated rings. The SMILES string of the molecule is Cc1cccc(OCCCN2C(=O)COc3ccc(NC(=O)/C=C/c4ccc(Cl)cc4Cl)cc32)c1. The summed E-state index contributed by atoms with van der Waals surface area (Å²) in [4.78, 5) is 26.7. The van der Waals surface area contributed by atoms with Crippen molar-refractivity contribution in [1.82, 2.24) is 0 Å². The van der Waals surface area contributed by atoms with Gasteiger partial charge in [-0.3, -0.25) is 9.59 Å². The quantitative estimate of drug-likeness (QED) is 0.291. The van der Waals surface area contributed by atoms with Gasteiger partial charge in [0.25, 0.3) is 5.91 Å². The molecule has 0 atom stereocenters. The Hall–Kier alpha value is -3.48. The zero-order valence-electron chi connectivity index (χ0n) is 19.1. The highest BCUT2D eigenvalue weighted by Crippen LogP contribution is 2.34. The van der Waals surface area contributed by atoms with Crippen LogP contribution in [0, 0.1) is 6.92 Å². The smallest absolute Gasteiger partial charge is 0.265 e. The molecule has 1 N–H and O–H groups in total. The van der Waals surface area contributed by atoms with E-state index in [4.69, 9.17) is 32.7 Å². The second-order valence-electron chi connectivity index (χ2n) is 8.02. The third kappa shape index (κ3) is 6.56. The second kappa shape index (κ2) is 11.3. The lowest BCUT2D eigenvalue weighted by molar-refractivity contribution is -0.121. The Balaban J connectivity index is 1.39. The van der Waals surface area contributed by atoms with Gasteiger partial charge in [-0.2, -0.15) is 0 Å². The van der Waals surface area contributed by atoms with Crippen LogP contribution in [0.4, 0.5) is 11.4 Å². The van der Waals surface area contributed by atoms with Crippen molar-refractivity contribution in [2.24, 2.45) is 0 Å². The second-order valence-corrected chi connectivity index (χ2v) is 8.87. The van der Waals surface area contributed by atoms with Gasteiger partial charge in [-0.25, -0.2) is 0 Å². The first-order chi connectivity index (χ1) is 16.9. The van der Waals surface area contributed by atoms with E-state index in [0.29, 0.717) is 52.3 Å². The maximum atomic E-state index is 12.6. The number of carbonyl (C=O) groups is 2. The van der Waals surface area contributed by atoms with Crippen LogP contribution in [-0.2, 0) is 9.59 Å². The molecule has 6 nitrogen and oxygen atoms in total. The van der Waals surface area contributed by atoms with Gasteiger partial charge in [-0.1, -0.05) is 41.4 Å². The minimum absolute atomic E-state index is 0.0258. The van der Waals surface area contributed by atoms with Gasteiger partial charge >= 0.3 is 0 Å². The largest absolute Gasteiger partial charge is 0.494 e. The normalized spacial score (nSPS) is 12.9. The number of nitrogens with one attached hydrogen (secondary N) is 1. The van der Waals surface area contributed by atoms with Crippen LogP contribution in [0.15, 0.2) is 66.7 Å². The van der Waals surface area contributed by atoms with Gasteiger partial charge in [-0.15, -0.1) is 0 Å². The van der Waals surface area contributed by atoms with Crippen LogP contribution in [0.5, 0.6) is 11.5 Å². The van der Waals surface area contributed by atoms with Crippen molar-refractivity contribution in [2.45, 2.75) is 13.3 Å². The minimum Gasteiger partial charge on any atom is -0.494 e. The van der Waals surface area contributed by atoms with Crippen molar-refractivity contribution in [3.8, 4) is 11.5 Å². The molecule has 180 valence electrons. The summed E-state index contributed by atoms with van der Waals surface area (Å²) in [6.45, 7) is 2.92. The zero-order chi connectivity index (χ0) is 24.8. The van der Waals surface area contributed by atoms with Gasteiger partial charge < -0.3 is 19.7 Å². The Morgan fingerprint density at radius 3 is 2.80 bits per heavy atom. The lowest BCUT2D eigenvalue weighted by Gasteiger charge is -2.29. The van der Waals surface area contributed by atoms with E-state index in [1.54, 1.807) is 47.4 Å². The molecule has 2 amide bonds. The molecule has 0 saturated carbocycles. The van der Waals surface area contributed by atoms with Crippen molar-refractivity contribution in [2.75, 3.05) is 30.0 Å². The number of amides is 2. The van der Waals surface area contributed by atoms with Crippen LogP contribution in [-0.4, -0.2) is 31.6 Å². The molecule has 0 saturated heterocycles. The third-order valence-electron chi connectivity index (χ3n) is 5.33. The number of halogens is 2. The van der Waals surface area contributed by atoms with Crippen molar-refractivity contribution >= 4 is 52.5 Å². The highest BCUT2D eigenvalue weighted by Gasteiger charge is 2.25. The summed E-state index contributed by atoms with van der Waals surface area (Å²) < 4.78 is 11.4. The average molecular weight is 511 g/mol. The summed E-state index contributed by atoms with van der Waals surface area (Å²) in [5, 5.41) is 3.78. The number of nitrogens with zero attached hydrogens (tertiary/aromatic N) is 1. The van der Waals surface area contributed by atoms with Gasteiger partial charge in [0.2, 0.25) is 5.91 Å². The number of ether oxygens (including phenoxy) is 2. The van der Waals surface area contributed by atoms with Crippen LogP contribution in [0.2, 0.25) is 10.0 Å². The van der Waals surface area contributed by atoms with Crippen LogP contribution < -0.4 is 19.7 Å². The molecule has 1 aliphatic rings. The Morgan fingerprint density at radius 2 is 2.00 bits per heavy atom. The first kappa shape index (κ1) is 24.6. The number of fused-ring (bicyclic) bond motifs is 1. The minimum atomic E-state index is -0.336. The Bertz CT molecular complexity index is 1280. The maximum Gasteiger partial charge on any atom is 0.265 e. The standard InChI is InChI=1S/C27H24Cl2N2O4/c1-18-4-2-5-22(14-18)34-13-3-12-31-24-16-21(9-10-25(24)35-17-27(31)33)30-26(32)11-7-19-6-8-20(28)15-23(19)29/h2,4-11,14-16H,3,12-13,17H2,1H3,(H,30,32)/b11-7+. The zero-order valence-corrected chi connectivity index (χ0v) is 20.6. The van der Waals surface area contributed by atoms with E-state index in [1.165, 1.54) is 6.08 Å². The van der Waals surface area contributed by atoms with E-state index < -0.39 is 0 Å². The summed E-state index contributed by atoms with van der Waals surface area (Å²) in [5.41, 5.74) is 2.95. The van der Waals surface area contributed by atoms with Crippen LogP contribution in [0.1, 0.15) is 17.5 Å². The number of carbonyl (C=O) groups excluding carboxylic acids is 2. The van der Waals surface area contributed by atoms with Crippen molar-refractivity contribution in [3.63, 3.8) is 0 Å². The molecule has 4 rings (SSSR count). The Kier molecular flexibility index (Phi) is 7.95. The predicted octanol–water partition coefficient (Wildman–Crippen LogP) is 6.15. The maximum absolute atomic E-state index is 12.6. The fraction of sp³-hybridized carbons (Fsp3) is 0.185. The fourth-order valence-electron chi connectivity index (χ4n) is 3.63. The van der Waals surface area contributed by atoms with Crippen LogP contribution in [0.25, 0.3) is 6.08 Å². The third-order valence-corrected chi connectivity index (χ3v) is 5.89. The number of rotatable bonds is 8. The van der Waals surface area contributed by atoms with E-state index in [2.05, 4.69) is 5.32 Å². The monoisotopic (exact) mass is 510 g/mol. The summed E-state index contributed by atoms with van der Waals surface area (Å²) in [6.07, 6.45) is 3.64. The van der Waals surface area contributed by atoms with E-state index >= 15 is 0 Å². The summed E-state index contributed by atoms with van der Waals surface area (Å²) in [6, 6.07) is 18.1. The van der Waals surface area contributed by atoms with Crippen molar-refractivity contribution in [1.29, 1.82) is 0 Å². The van der Waals surface area contributed by atoms with E-state index in [-0.39, 0.29) is 18.4 Å². The molecule has 3 aromatic carbocycles. The number of anilines is 2. The van der Waals surface area contributed by atoms with Gasteiger partial charge in [-0.05, 0) is 73.0 Å².